The van der Waals surface area contributed by atoms with Crippen LogP contribution >= 0.6 is 0 Å². The molecule has 1 heterocycles. The largest absolute Gasteiger partial charge is 0.464 e. The zero-order valence-electron chi connectivity index (χ0n) is 8.03. The summed E-state index contributed by atoms with van der Waals surface area (Å²) >= 11 is 0. The Hall–Kier alpha value is -1.35. The van der Waals surface area contributed by atoms with Crippen LogP contribution in [-0.4, -0.2) is 18.7 Å². The smallest absolute Gasteiger partial charge is 0.207 e. The highest BCUT2D eigenvalue weighted by Gasteiger charge is 2.25. The minimum Gasteiger partial charge on any atom is -0.464 e. The maximum Gasteiger partial charge on any atom is 0.207 e. The fraction of sp³-hybridized carbons (Fsp3) is 0.364. The number of ether oxygens (including phenoxy) is 2. The van der Waals surface area contributed by atoms with Crippen molar-refractivity contribution < 1.29 is 14.3 Å². The van der Waals surface area contributed by atoms with Crippen LogP contribution in [0, 0.1) is 0 Å². The van der Waals surface area contributed by atoms with E-state index in [0.29, 0.717) is 24.3 Å². The first kappa shape index (κ1) is 9.21. The van der Waals surface area contributed by atoms with E-state index < -0.39 is 6.29 Å². The Balaban J connectivity index is 2.24. The third kappa shape index (κ3) is 1.63. The Morgan fingerprint density at radius 3 is 3.07 bits per heavy atom. The second-order valence-electron chi connectivity index (χ2n) is 3.13. The number of carbonyl (C=O) groups excluding carboxylic acids is 1. The molecule has 1 aliphatic heterocycles. The highest BCUT2D eigenvalue weighted by molar-refractivity contribution is 5.99. The van der Waals surface area contributed by atoms with Crippen LogP contribution in [0.4, 0.5) is 0 Å². The van der Waals surface area contributed by atoms with Crippen LogP contribution in [0.3, 0.4) is 0 Å². The first-order valence-electron chi connectivity index (χ1n) is 4.71. The van der Waals surface area contributed by atoms with Crippen LogP contribution in [0.25, 0.3) is 0 Å². The van der Waals surface area contributed by atoms with Crippen molar-refractivity contribution in [2.24, 2.45) is 0 Å². The van der Waals surface area contributed by atoms with E-state index in [4.69, 9.17) is 9.47 Å². The van der Waals surface area contributed by atoms with E-state index in [1.54, 1.807) is 12.1 Å². The van der Waals surface area contributed by atoms with Crippen molar-refractivity contribution >= 4 is 5.78 Å². The Morgan fingerprint density at radius 1 is 1.50 bits per heavy atom. The molecule has 1 atom stereocenters. The summed E-state index contributed by atoms with van der Waals surface area (Å²) in [5, 5.41) is 0. The van der Waals surface area contributed by atoms with Gasteiger partial charge in [-0.05, 0) is 19.1 Å². The zero-order chi connectivity index (χ0) is 9.97. The highest BCUT2D eigenvalue weighted by Crippen LogP contribution is 2.27. The monoisotopic (exact) mass is 192 g/mol. The third-order valence-electron chi connectivity index (χ3n) is 2.15. The van der Waals surface area contributed by atoms with E-state index in [1.165, 1.54) is 0 Å². The summed E-state index contributed by atoms with van der Waals surface area (Å²) in [5.74, 6) is 0.715. The molecule has 3 nitrogen and oxygen atoms in total. The number of carbonyl (C=O) groups is 1. The van der Waals surface area contributed by atoms with Gasteiger partial charge in [0.2, 0.25) is 6.29 Å². The maximum atomic E-state index is 11.6. The van der Waals surface area contributed by atoms with Gasteiger partial charge in [0, 0.05) is 6.61 Å². The Bertz CT molecular complexity index is 346. The Labute approximate surface area is 82.6 Å². The van der Waals surface area contributed by atoms with Gasteiger partial charge in [0.1, 0.15) is 5.75 Å². The van der Waals surface area contributed by atoms with Gasteiger partial charge in [-0.3, -0.25) is 4.79 Å². The molecule has 1 aromatic rings. The predicted molar refractivity (Wildman–Crippen MR) is 51.4 cm³/mol. The van der Waals surface area contributed by atoms with Crippen molar-refractivity contribution in [2.45, 2.75) is 19.6 Å². The number of hydrogen-bond donors (Lipinski definition) is 0. The highest BCUT2D eigenvalue weighted by atomic mass is 16.7. The SMILES string of the molecule is CCOC1CC(=O)c2ccccc2O1. The molecule has 14 heavy (non-hydrogen) atoms. The van der Waals surface area contributed by atoms with Crippen molar-refractivity contribution in [1.29, 1.82) is 0 Å². The molecule has 0 amide bonds. The molecule has 1 unspecified atom stereocenters. The number of fused-ring (bicyclic) bond motifs is 1. The normalized spacial score (nSPS) is 20.1. The molecule has 1 aromatic carbocycles. The fourth-order valence-electron chi connectivity index (χ4n) is 1.52. The van der Waals surface area contributed by atoms with Crippen LogP contribution in [0.2, 0.25) is 0 Å². The van der Waals surface area contributed by atoms with Gasteiger partial charge in [0.05, 0.1) is 12.0 Å². The summed E-state index contributed by atoms with van der Waals surface area (Å²) in [5.41, 5.74) is 0.656. The summed E-state index contributed by atoms with van der Waals surface area (Å²) in [6.07, 6.45) is -0.104. The Morgan fingerprint density at radius 2 is 2.29 bits per heavy atom. The van der Waals surface area contributed by atoms with Gasteiger partial charge >= 0.3 is 0 Å². The fourth-order valence-corrected chi connectivity index (χ4v) is 1.52. The van der Waals surface area contributed by atoms with Crippen LogP contribution < -0.4 is 4.74 Å². The predicted octanol–water partition coefficient (Wildman–Crippen LogP) is 2.01. The van der Waals surface area contributed by atoms with Crippen LogP contribution in [0.15, 0.2) is 24.3 Å². The lowest BCUT2D eigenvalue weighted by molar-refractivity contribution is -0.0781. The van der Waals surface area contributed by atoms with Gasteiger partial charge in [0.15, 0.2) is 5.78 Å². The quantitative estimate of drug-likeness (QED) is 0.719. The van der Waals surface area contributed by atoms with Gasteiger partial charge in [-0.15, -0.1) is 0 Å². The van der Waals surface area contributed by atoms with Gasteiger partial charge in [-0.1, -0.05) is 12.1 Å². The molecule has 0 radical (unpaired) electrons. The molecule has 0 fully saturated rings. The van der Waals surface area contributed by atoms with E-state index in [-0.39, 0.29) is 5.78 Å². The summed E-state index contributed by atoms with van der Waals surface area (Å²) in [4.78, 5) is 11.6. The standard InChI is InChI=1S/C11H12O3/c1-2-13-11-7-9(12)8-5-3-4-6-10(8)14-11/h3-6,11H,2,7H2,1H3. The van der Waals surface area contributed by atoms with Crippen molar-refractivity contribution in [1.82, 2.24) is 0 Å². The van der Waals surface area contributed by atoms with Crippen LogP contribution in [0.5, 0.6) is 5.75 Å². The molecular formula is C11H12O3. The average Bonchev–Trinajstić information content (AvgIpc) is 2.18. The van der Waals surface area contributed by atoms with Gasteiger partial charge in [-0.25, -0.2) is 0 Å². The van der Waals surface area contributed by atoms with E-state index in [0.717, 1.165) is 0 Å². The first-order valence-corrected chi connectivity index (χ1v) is 4.71. The zero-order valence-corrected chi connectivity index (χ0v) is 8.03. The van der Waals surface area contributed by atoms with E-state index in [2.05, 4.69) is 0 Å². The number of rotatable bonds is 2. The van der Waals surface area contributed by atoms with Crippen LogP contribution in [0.1, 0.15) is 23.7 Å². The lowest BCUT2D eigenvalue weighted by atomic mass is 10.0. The number of benzene rings is 1. The number of hydrogen-bond acceptors (Lipinski definition) is 3. The van der Waals surface area contributed by atoms with E-state index in [1.807, 2.05) is 19.1 Å². The average molecular weight is 192 g/mol. The molecule has 74 valence electrons. The molecule has 0 aromatic heterocycles. The van der Waals surface area contributed by atoms with E-state index in [9.17, 15) is 4.79 Å². The van der Waals surface area contributed by atoms with Crippen LogP contribution in [-0.2, 0) is 4.74 Å². The molecular weight excluding hydrogens is 180 g/mol. The second kappa shape index (κ2) is 3.80. The van der Waals surface area contributed by atoms with Gasteiger partial charge < -0.3 is 9.47 Å². The third-order valence-corrected chi connectivity index (χ3v) is 2.15. The van der Waals surface area contributed by atoms with Crippen molar-refractivity contribution in [3.8, 4) is 5.75 Å². The minimum atomic E-state index is -0.414. The summed E-state index contributed by atoms with van der Waals surface area (Å²) < 4.78 is 10.8. The molecule has 0 aliphatic carbocycles. The minimum absolute atomic E-state index is 0.0882. The summed E-state index contributed by atoms with van der Waals surface area (Å²) in [6, 6.07) is 7.25. The van der Waals surface area contributed by atoms with E-state index >= 15 is 0 Å². The van der Waals surface area contributed by atoms with Crippen molar-refractivity contribution in [2.75, 3.05) is 6.61 Å². The van der Waals surface area contributed by atoms with Crippen molar-refractivity contribution in [3.63, 3.8) is 0 Å². The molecule has 3 heteroatoms. The molecule has 0 bridgehead atoms. The Kier molecular flexibility index (Phi) is 2.50. The summed E-state index contributed by atoms with van der Waals surface area (Å²) in [7, 11) is 0. The van der Waals surface area contributed by atoms with Gasteiger partial charge in [0.25, 0.3) is 0 Å². The topological polar surface area (TPSA) is 35.5 Å². The molecule has 0 saturated carbocycles. The molecule has 1 aliphatic rings. The molecule has 2 rings (SSSR count). The second-order valence-corrected chi connectivity index (χ2v) is 3.13. The summed E-state index contributed by atoms with van der Waals surface area (Å²) in [6.45, 7) is 2.44. The molecule has 0 N–H and O–H groups in total. The van der Waals surface area contributed by atoms with Gasteiger partial charge in [-0.2, -0.15) is 0 Å². The maximum absolute atomic E-state index is 11.6. The first-order chi connectivity index (χ1) is 6.81. The lowest BCUT2D eigenvalue weighted by Gasteiger charge is -2.24. The number of Topliss-reactive ketones (excluding diaryl/α,β-unsaturated/α-hetero) is 1. The number of ketones is 1. The lowest BCUT2D eigenvalue weighted by Crippen LogP contribution is -2.29. The molecule has 0 spiro atoms. The molecule has 0 saturated heterocycles. The van der Waals surface area contributed by atoms with Crippen molar-refractivity contribution in [3.05, 3.63) is 29.8 Å². The number of para-hydroxylation sites is 1.